The Kier molecular flexibility index (Phi) is 0.759. The van der Waals surface area contributed by atoms with Crippen LogP contribution in [0.25, 0.3) is 0 Å². The van der Waals surface area contributed by atoms with Gasteiger partial charge in [-0.05, 0) is 0 Å². The van der Waals surface area contributed by atoms with E-state index in [1.54, 1.807) is 0 Å². The Bertz CT molecular complexity index is 43.7. The molecule has 0 amide bonds. The van der Waals surface area contributed by atoms with Gasteiger partial charge in [-0.1, -0.05) is 0 Å². The zero-order valence-corrected chi connectivity index (χ0v) is 6.80. The van der Waals surface area contributed by atoms with Crippen molar-refractivity contribution >= 4 is 27.3 Å². The fourth-order valence-corrected chi connectivity index (χ4v) is 0.975. The van der Waals surface area contributed by atoms with Gasteiger partial charge in [0.1, 0.15) is 0 Å². The summed E-state index contributed by atoms with van der Waals surface area (Å²) in [5, 5.41) is 0. The van der Waals surface area contributed by atoms with Crippen LogP contribution in [0, 0.1) is 0 Å². The summed E-state index contributed by atoms with van der Waals surface area (Å²) in [7, 11) is 0. The van der Waals surface area contributed by atoms with Crippen LogP contribution in [0.15, 0.2) is 9.71 Å². The van der Waals surface area contributed by atoms with Gasteiger partial charge in [0, 0.05) is 0 Å². The molecule has 0 aromatic rings. The van der Waals surface area contributed by atoms with Crippen molar-refractivity contribution in [3.05, 3.63) is 9.71 Å². The quantitative estimate of drug-likeness (QED) is 0.518. The monoisotopic (exact) mass is 248 g/mol. The molecule has 1 heterocycles. The summed E-state index contributed by atoms with van der Waals surface area (Å²) in [6, 6.07) is 0. The van der Waals surface area contributed by atoms with E-state index in [1.165, 1.54) is 0 Å². The Balaban J connectivity index is 2.67. The molecule has 0 aromatic carbocycles. The van der Waals surface area contributed by atoms with Crippen LogP contribution >= 0.6 is 0 Å². The van der Waals surface area contributed by atoms with Crippen LogP contribution in [0.4, 0.5) is 0 Å². The third-order valence-corrected chi connectivity index (χ3v) is 3.90. The van der Waals surface area contributed by atoms with Crippen molar-refractivity contribution in [2.75, 3.05) is 0 Å². The molecule has 0 radical (unpaired) electrons. The summed E-state index contributed by atoms with van der Waals surface area (Å²) in [6.45, 7) is 0. The van der Waals surface area contributed by atoms with Crippen molar-refractivity contribution in [1.29, 1.82) is 0 Å². The van der Waals surface area contributed by atoms with Gasteiger partial charge in [-0.3, -0.25) is 0 Å². The summed E-state index contributed by atoms with van der Waals surface area (Å²) in [6.07, 6.45) is 2.15. The molecule has 0 spiro atoms. The molecule has 0 atom stereocenters. The van der Waals surface area contributed by atoms with Crippen LogP contribution < -0.4 is 0 Å². The normalized spacial score (nSPS) is 16.0. The first-order chi connectivity index (χ1) is 2.00. The molecule has 0 nitrogen and oxygen atoms in total. The SMILES string of the molecule is C1=[CH][PbH]=[CH]1. The summed E-state index contributed by atoms with van der Waals surface area (Å²) >= 11 is -0.148. The summed E-state index contributed by atoms with van der Waals surface area (Å²) < 4.78 is 4.67. The van der Waals surface area contributed by atoms with Crippen LogP contribution in [-0.2, 0) is 0 Å². The first kappa shape index (κ1) is 2.75. The van der Waals surface area contributed by atoms with Crippen molar-refractivity contribution in [2.45, 2.75) is 0 Å². The van der Waals surface area contributed by atoms with E-state index in [0.29, 0.717) is 0 Å². The Hall–Kier alpha value is 0.532. The average Bonchev–Trinajstić information content (AvgIpc) is 0.722. The molecule has 0 unspecified atom stereocenters. The van der Waals surface area contributed by atoms with Crippen molar-refractivity contribution in [3.8, 4) is 0 Å². The maximum atomic E-state index is 2.33. The minimum atomic E-state index is -0.148. The molecule has 0 bridgehead atoms. The van der Waals surface area contributed by atoms with E-state index in [4.69, 9.17) is 0 Å². The number of allylic oxidation sites excluding steroid dienone is 1. The van der Waals surface area contributed by atoms with Gasteiger partial charge in [0.2, 0.25) is 0 Å². The average molecular weight is 247 g/mol. The fraction of sp³-hybridized carbons (Fsp3) is 0. The molecule has 4 heavy (non-hydrogen) atoms. The topological polar surface area (TPSA) is 0 Å². The molecule has 0 aromatic heterocycles. The van der Waals surface area contributed by atoms with E-state index in [1.807, 2.05) is 0 Å². The third kappa shape index (κ3) is 0.289. The fourth-order valence-electron chi connectivity index (χ4n) is 0.111. The Morgan fingerprint density at radius 3 is 1.75 bits per heavy atom. The molecule has 1 rings (SSSR count). The van der Waals surface area contributed by atoms with E-state index < -0.39 is 0 Å². The summed E-state index contributed by atoms with van der Waals surface area (Å²) in [5.41, 5.74) is 0. The maximum absolute atomic E-state index is 2.33. The zero-order chi connectivity index (χ0) is 2.83. The molecule has 0 aliphatic carbocycles. The Morgan fingerprint density at radius 1 is 1.50 bits per heavy atom. The van der Waals surface area contributed by atoms with Gasteiger partial charge in [-0.25, -0.2) is 0 Å². The van der Waals surface area contributed by atoms with Crippen LogP contribution in [0.3, 0.4) is 0 Å². The van der Waals surface area contributed by atoms with Crippen LogP contribution in [-0.4, -0.2) is 27.3 Å². The van der Waals surface area contributed by atoms with Gasteiger partial charge < -0.3 is 0 Å². The van der Waals surface area contributed by atoms with Crippen molar-refractivity contribution < 1.29 is 0 Å². The standard InChI is InChI=1S/C3H3.Pb.H/c1-3-2;;/h1-3H;;. The molecule has 0 saturated heterocycles. The second-order valence-corrected chi connectivity index (χ2v) is 5.26. The van der Waals surface area contributed by atoms with Gasteiger partial charge in [0.05, 0.1) is 0 Å². The summed E-state index contributed by atoms with van der Waals surface area (Å²) in [4.78, 5) is 0. The van der Waals surface area contributed by atoms with Crippen LogP contribution in [0.2, 0.25) is 0 Å². The number of hydrogen-bond acceptors (Lipinski definition) is 0. The number of hydrogen-bond donors (Lipinski definition) is 0. The molecule has 0 fully saturated rings. The minimum absolute atomic E-state index is 0.148. The van der Waals surface area contributed by atoms with Gasteiger partial charge in [-0.2, -0.15) is 0 Å². The molecule has 1 aliphatic rings. The van der Waals surface area contributed by atoms with E-state index in [-0.39, 0.29) is 23.7 Å². The summed E-state index contributed by atoms with van der Waals surface area (Å²) in [5.74, 6) is 0. The van der Waals surface area contributed by atoms with E-state index in [0.717, 1.165) is 0 Å². The van der Waals surface area contributed by atoms with Gasteiger partial charge >= 0.3 is 37.0 Å². The van der Waals surface area contributed by atoms with Gasteiger partial charge in [0.25, 0.3) is 0 Å². The Morgan fingerprint density at radius 2 is 1.75 bits per heavy atom. The molecule has 1 heteroatoms. The molecular formula is C3H4Pb. The van der Waals surface area contributed by atoms with Crippen molar-refractivity contribution in [2.24, 2.45) is 0 Å². The number of rotatable bonds is 0. The van der Waals surface area contributed by atoms with Crippen LogP contribution in [0.1, 0.15) is 0 Å². The van der Waals surface area contributed by atoms with E-state index in [9.17, 15) is 0 Å². The second kappa shape index (κ2) is 1.10. The molecule has 0 N–H and O–H groups in total. The first-order valence-electron chi connectivity index (χ1n) is 1.33. The second-order valence-electron chi connectivity index (χ2n) is 0.770. The van der Waals surface area contributed by atoms with Gasteiger partial charge in [-0.15, -0.1) is 0 Å². The molecule has 0 saturated carbocycles. The zero-order valence-electron chi connectivity index (χ0n) is 2.31. The van der Waals surface area contributed by atoms with Gasteiger partial charge in [0.15, 0.2) is 0 Å². The Labute approximate surface area is 37.2 Å². The molecule has 20 valence electrons. The predicted octanol–water partition coefficient (Wildman–Crippen LogP) is -0.248. The van der Waals surface area contributed by atoms with E-state index >= 15 is 0 Å². The van der Waals surface area contributed by atoms with Crippen molar-refractivity contribution in [3.63, 3.8) is 0 Å². The van der Waals surface area contributed by atoms with Crippen LogP contribution in [0.5, 0.6) is 0 Å². The predicted molar refractivity (Wildman–Crippen MR) is 22.4 cm³/mol. The molecule has 1 aliphatic heterocycles. The van der Waals surface area contributed by atoms with E-state index in [2.05, 4.69) is 13.3 Å². The third-order valence-electron chi connectivity index (χ3n) is 0.444. The van der Waals surface area contributed by atoms with Crippen molar-refractivity contribution in [1.82, 2.24) is 0 Å². The molecular weight excluding hydrogens is 243 g/mol. The first-order valence-corrected chi connectivity index (χ1v) is 6.52.